The first kappa shape index (κ1) is 18.7. The van der Waals surface area contributed by atoms with E-state index in [2.05, 4.69) is 5.32 Å². The van der Waals surface area contributed by atoms with Gasteiger partial charge in [-0.1, -0.05) is 17.7 Å². The van der Waals surface area contributed by atoms with Crippen LogP contribution in [-0.2, 0) is 9.53 Å². The van der Waals surface area contributed by atoms with Gasteiger partial charge in [-0.05, 0) is 51.7 Å². The zero-order valence-corrected chi connectivity index (χ0v) is 15.7. The van der Waals surface area contributed by atoms with Crippen molar-refractivity contribution in [2.24, 2.45) is 0 Å². The van der Waals surface area contributed by atoms with Gasteiger partial charge in [0.2, 0.25) is 6.41 Å². The van der Waals surface area contributed by atoms with Crippen LogP contribution in [0.15, 0.2) is 24.3 Å². The predicted octanol–water partition coefficient (Wildman–Crippen LogP) is 2.70. The number of fused-ring (bicyclic) bond motifs is 2. The number of carbonyl (C=O) groups is 2. The van der Waals surface area contributed by atoms with Crippen molar-refractivity contribution < 1.29 is 14.3 Å². The van der Waals surface area contributed by atoms with E-state index in [4.69, 9.17) is 4.74 Å². The van der Waals surface area contributed by atoms with E-state index in [-0.39, 0.29) is 18.2 Å². The molecule has 142 valence electrons. The first-order valence-electron chi connectivity index (χ1n) is 9.59. The van der Waals surface area contributed by atoms with Crippen molar-refractivity contribution in [1.29, 1.82) is 0 Å². The summed E-state index contributed by atoms with van der Waals surface area (Å²) in [5, 5.41) is 3.58. The van der Waals surface area contributed by atoms with Gasteiger partial charge in [0.15, 0.2) is 0 Å². The lowest BCUT2D eigenvalue weighted by atomic mass is 9.98. The van der Waals surface area contributed by atoms with E-state index in [9.17, 15) is 9.59 Å². The van der Waals surface area contributed by atoms with Crippen molar-refractivity contribution in [3.8, 4) is 0 Å². The van der Waals surface area contributed by atoms with Crippen LogP contribution < -0.4 is 10.2 Å². The molecule has 2 aliphatic heterocycles. The lowest BCUT2D eigenvalue weighted by Gasteiger charge is -2.38. The number of anilines is 1. The lowest BCUT2D eigenvalue weighted by Crippen LogP contribution is -2.52. The van der Waals surface area contributed by atoms with Gasteiger partial charge in [-0.15, -0.1) is 0 Å². The van der Waals surface area contributed by atoms with Crippen molar-refractivity contribution >= 4 is 18.2 Å². The third-order valence-corrected chi connectivity index (χ3v) is 5.49. The molecule has 2 amide bonds. The van der Waals surface area contributed by atoms with Crippen molar-refractivity contribution in [1.82, 2.24) is 10.2 Å². The highest BCUT2D eigenvalue weighted by molar-refractivity contribution is 5.75. The number of aryl methyl sites for hydroxylation is 1. The Morgan fingerprint density at radius 2 is 1.92 bits per heavy atom. The Morgan fingerprint density at radius 1 is 1.27 bits per heavy atom. The smallest absolute Gasteiger partial charge is 0.410 e. The summed E-state index contributed by atoms with van der Waals surface area (Å²) in [6, 6.07) is 8.94. The Labute approximate surface area is 155 Å². The first-order valence-corrected chi connectivity index (χ1v) is 9.59. The van der Waals surface area contributed by atoms with E-state index in [0.717, 1.165) is 44.3 Å². The quantitative estimate of drug-likeness (QED) is 0.761. The molecule has 6 heteroatoms. The third kappa shape index (κ3) is 4.18. The summed E-state index contributed by atoms with van der Waals surface area (Å²) < 4.78 is 5.20. The minimum atomic E-state index is -0.162. The second kappa shape index (κ2) is 8.54. The topological polar surface area (TPSA) is 61.9 Å². The molecule has 26 heavy (non-hydrogen) atoms. The summed E-state index contributed by atoms with van der Waals surface area (Å²) in [5.41, 5.74) is 2.10. The van der Waals surface area contributed by atoms with Gasteiger partial charge >= 0.3 is 6.09 Å². The Hall–Kier alpha value is -2.08. The fourth-order valence-electron chi connectivity index (χ4n) is 4.21. The van der Waals surface area contributed by atoms with Crippen LogP contribution in [0.3, 0.4) is 0 Å². The maximum atomic E-state index is 12.1. The molecule has 1 aromatic rings. The van der Waals surface area contributed by atoms with Gasteiger partial charge in [0.1, 0.15) is 0 Å². The number of rotatable bonds is 7. The number of nitrogens with one attached hydrogen (secondary N) is 1. The Morgan fingerprint density at radius 3 is 2.50 bits per heavy atom. The average Bonchev–Trinajstić information content (AvgIpc) is 2.91. The largest absolute Gasteiger partial charge is 0.450 e. The molecule has 2 fully saturated rings. The maximum Gasteiger partial charge on any atom is 0.410 e. The molecule has 0 spiro atoms. The highest BCUT2D eigenvalue weighted by atomic mass is 16.6. The van der Waals surface area contributed by atoms with Crippen LogP contribution in [0.2, 0.25) is 0 Å². The highest BCUT2D eigenvalue weighted by Crippen LogP contribution is 2.36. The molecule has 2 atom stereocenters. The van der Waals surface area contributed by atoms with E-state index in [1.165, 1.54) is 5.56 Å². The lowest BCUT2D eigenvalue weighted by molar-refractivity contribution is -0.107. The van der Waals surface area contributed by atoms with E-state index >= 15 is 0 Å². The SMILES string of the molecule is CCOC(=O)N1C2CCC1CC(NCCN(C=O)c1ccc(C)cc1)C2. The molecule has 2 aliphatic rings. The van der Waals surface area contributed by atoms with Crippen molar-refractivity contribution in [3.63, 3.8) is 0 Å². The summed E-state index contributed by atoms with van der Waals surface area (Å²) in [4.78, 5) is 27.2. The summed E-state index contributed by atoms with van der Waals surface area (Å²) in [6.45, 7) is 5.70. The molecular formula is C20H29N3O3. The van der Waals surface area contributed by atoms with Crippen LogP contribution in [-0.4, -0.2) is 55.2 Å². The number of hydrogen-bond donors (Lipinski definition) is 1. The minimum absolute atomic E-state index is 0.162. The second-order valence-corrected chi connectivity index (χ2v) is 7.25. The van der Waals surface area contributed by atoms with Gasteiger partial charge in [0, 0.05) is 36.9 Å². The summed E-state index contributed by atoms with van der Waals surface area (Å²) >= 11 is 0. The van der Waals surface area contributed by atoms with E-state index in [1.807, 2.05) is 43.0 Å². The fourth-order valence-corrected chi connectivity index (χ4v) is 4.21. The maximum absolute atomic E-state index is 12.1. The number of benzene rings is 1. The molecular weight excluding hydrogens is 330 g/mol. The Balaban J connectivity index is 1.48. The molecule has 3 rings (SSSR count). The van der Waals surface area contributed by atoms with Crippen molar-refractivity contribution in [2.45, 2.75) is 57.7 Å². The summed E-state index contributed by atoms with van der Waals surface area (Å²) in [6.07, 6.45) is 4.77. The van der Waals surface area contributed by atoms with Crippen LogP contribution in [0.1, 0.15) is 38.2 Å². The number of carbonyl (C=O) groups excluding carboxylic acids is 2. The number of piperidine rings is 1. The molecule has 0 aromatic heterocycles. The monoisotopic (exact) mass is 359 g/mol. The van der Waals surface area contributed by atoms with Crippen LogP contribution >= 0.6 is 0 Å². The van der Waals surface area contributed by atoms with Crippen molar-refractivity contribution in [2.75, 3.05) is 24.6 Å². The number of amides is 2. The number of nitrogens with zero attached hydrogens (tertiary/aromatic N) is 2. The molecule has 1 aromatic carbocycles. The predicted molar refractivity (Wildman–Crippen MR) is 101 cm³/mol. The summed E-state index contributed by atoms with van der Waals surface area (Å²) in [7, 11) is 0. The first-order chi connectivity index (χ1) is 12.6. The molecule has 1 N–H and O–H groups in total. The molecule has 2 unspecified atom stereocenters. The van der Waals surface area contributed by atoms with E-state index in [1.54, 1.807) is 4.90 Å². The second-order valence-electron chi connectivity index (χ2n) is 7.25. The highest BCUT2D eigenvalue weighted by Gasteiger charge is 2.43. The third-order valence-electron chi connectivity index (χ3n) is 5.49. The molecule has 0 radical (unpaired) electrons. The van der Waals surface area contributed by atoms with Gasteiger partial charge < -0.3 is 19.9 Å². The molecule has 2 saturated heterocycles. The average molecular weight is 359 g/mol. The number of ether oxygens (including phenoxy) is 1. The van der Waals surface area contributed by atoms with Gasteiger partial charge in [-0.25, -0.2) is 4.79 Å². The number of hydrogen-bond acceptors (Lipinski definition) is 4. The Kier molecular flexibility index (Phi) is 6.14. The van der Waals surface area contributed by atoms with Gasteiger partial charge in [0.05, 0.1) is 6.61 Å². The van der Waals surface area contributed by atoms with Gasteiger partial charge in [-0.3, -0.25) is 4.79 Å². The molecule has 2 heterocycles. The fraction of sp³-hybridized carbons (Fsp3) is 0.600. The zero-order valence-electron chi connectivity index (χ0n) is 15.7. The Bertz CT molecular complexity index is 605. The van der Waals surface area contributed by atoms with Crippen LogP contribution in [0.25, 0.3) is 0 Å². The normalized spacial score (nSPS) is 24.4. The van der Waals surface area contributed by atoms with Crippen LogP contribution in [0.5, 0.6) is 0 Å². The molecule has 2 bridgehead atoms. The summed E-state index contributed by atoms with van der Waals surface area (Å²) in [5.74, 6) is 0. The molecule has 6 nitrogen and oxygen atoms in total. The van der Waals surface area contributed by atoms with Crippen molar-refractivity contribution in [3.05, 3.63) is 29.8 Å². The van der Waals surface area contributed by atoms with Gasteiger partial charge in [-0.2, -0.15) is 0 Å². The van der Waals surface area contributed by atoms with Crippen LogP contribution in [0.4, 0.5) is 10.5 Å². The molecule has 0 saturated carbocycles. The zero-order chi connectivity index (χ0) is 18.5. The van der Waals surface area contributed by atoms with E-state index in [0.29, 0.717) is 19.2 Å². The van der Waals surface area contributed by atoms with Crippen LogP contribution in [0, 0.1) is 6.92 Å². The van der Waals surface area contributed by atoms with Gasteiger partial charge in [0.25, 0.3) is 0 Å². The molecule has 0 aliphatic carbocycles. The minimum Gasteiger partial charge on any atom is -0.450 e. The standard InChI is InChI=1S/C20H29N3O3/c1-3-26-20(25)23-18-8-9-19(23)13-16(12-18)21-10-11-22(14-24)17-6-4-15(2)5-7-17/h4-7,14,16,18-19,21H,3,8-13H2,1-2H3. The van der Waals surface area contributed by atoms with E-state index < -0.39 is 0 Å².